The fraction of sp³-hybridized carbons (Fsp3) is 0. The van der Waals surface area contributed by atoms with Crippen LogP contribution in [0.2, 0.25) is 0 Å². The van der Waals surface area contributed by atoms with E-state index in [1.807, 2.05) is 6.07 Å². The average molecular weight is 229 g/mol. The highest BCUT2D eigenvalue weighted by molar-refractivity contribution is 6.00. The van der Waals surface area contributed by atoms with Crippen molar-refractivity contribution in [3.63, 3.8) is 0 Å². The molecule has 0 atom stereocenters. The predicted octanol–water partition coefficient (Wildman–Crippen LogP) is 4.54. The zero-order chi connectivity index (χ0) is 11.9. The molecule has 3 aromatic carbocycles. The van der Waals surface area contributed by atoms with E-state index in [1.54, 1.807) is 0 Å². The lowest BCUT2D eigenvalue weighted by molar-refractivity contribution is 1.51. The highest BCUT2D eigenvalue weighted by Crippen LogP contribution is 2.24. The normalized spacial score (nSPS) is 11.3. The highest BCUT2D eigenvalue weighted by Gasteiger charge is 2.01. The van der Waals surface area contributed by atoms with Crippen molar-refractivity contribution in [2.75, 3.05) is 0 Å². The van der Waals surface area contributed by atoms with Crippen LogP contribution in [-0.4, -0.2) is 4.98 Å². The Labute approximate surface area is 105 Å². The first kappa shape index (κ1) is 9.60. The van der Waals surface area contributed by atoms with Crippen molar-refractivity contribution < 1.29 is 0 Å². The van der Waals surface area contributed by atoms with Crippen molar-refractivity contribution in [3.05, 3.63) is 66.7 Å². The number of hydrogen-bond acceptors (Lipinski definition) is 1. The van der Waals surface area contributed by atoms with Crippen LogP contribution in [0, 0.1) is 0 Å². The minimum Gasteiger partial charge on any atom is -0.248 e. The van der Waals surface area contributed by atoms with E-state index in [0.29, 0.717) is 0 Å². The van der Waals surface area contributed by atoms with E-state index in [9.17, 15) is 0 Å². The molecule has 1 nitrogen and oxygen atoms in total. The fourth-order valence-corrected chi connectivity index (χ4v) is 2.47. The van der Waals surface area contributed by atoms with Gasteiger partial charge in [-0.1, -0.05) is 42.5 Å². The van der Waals surface area contributed by atoms with E-state index in [2.05, 4.69) is 60.7 Å². The second kappa shape index (κ2) is 3.54. The maximum Gasteiger partial charge on any atom is 0.0716 e. The summed E-state index contributed by atoms with van der Waals surface area (Å²) in [6.45, 7) is 0. The molecule has 0 fully saturated rings. The number of aromatic nitrogens is 1. The van der Waals surface area contributed by atoms with Gasteiger partial charge >= 0.3 is 0 Å². The van der Waals surface area contributed by atoms with E-state index in [1.165, 1.54) is 21.5 Å². The minimum absolute atomic E-state index is 1.06. The topological polar surface area (TPSA) is 12.9 Å². The van der Waals surface area contributed by atoms with Crippen LogP contribution in [0.4, 0.5) is 0 Å². The first-order valence-corrected chi connectivity index (χ1v) is 6.08. The number of rotatable bonds is 0. The van der Waals surface area contributed by atoms with E-state index in [4.69, 9.17) is 4.98 Å². The fourth-order valence-electron chi connectivity index (χ4n) is 2.47. The summed E-state index contributed by atoms with van der Waals surface area (Å²) in [5.41, 5.74) is 2.12. The van der Waals surface area contributed by atoms with Gasteiger partial charge < -0.3 is 0 Å². The quantitative estimate of drug-likeness (QED) is 0.403. The van der Waals surface area contributed by atoms with E-state index < -0.39 is 0 Å². The van der Waals surface area contributed by atoms with Crippen LogP contribution in [0.15, 0.2) is 66.7 Å². The number of para-hydroxylation sites is 1. The smallest absolute Gasteiger partial charge is 0.0716 e. The second-order valence-corrected chi connectivity index (χ2v) is 4.57. The van der Waals surface area contributed by atoms with E-state index in [0.717, 1.165) is 11.0 Å². The van der Waals surface area contributed by atoms with Crippen LogP contribution in [0.3, 0.4) is 0 Å². The maximum atomic E-state index is 4.73. The maximum absolute atomic E-state index is 4.73. The summed E-state index contributed by atoms with van der Waals surface area (Å²) in [6.07, 6.45) is 0. The molecule has 0 spiro atoms. The zero-order valence-corrected chi connectivity index (χ0v) is 9.80. The molecule has 0 aliphatic carbocycles. The van der Waals surface area contributed by atoms with Crippen molar-refractivity contribution in [3.8, 4) is 0 Å². The lowest BCUT2D eigenvalue weighted by atomic mass is 10.1. The van der Waals surface area contributed by atoms with Crippen LogP contribution in [-0.2, 0) is 0 Å². The summed E-state index contributed by atoms with van der Waals surface area (Å²) in [4.78, 5) is 4.73. The summed E-state index contributed by atoms with van der Waals surface area (Å²) in [5.74, 6) is 0. The Balaban J connectivity index is 2.20. The zero-order valence-electron chi connectivity index (χ0n) is 9.80. The second-order valence-electron chi connectivity index (χ2n) is 4.57. The van der Waals surface area contributed by atoms with Gasteiger partial charge in [-0.3, -0.25) is 0 Å². The predicted molar refractivity (Wildman–Crippen MR) is 76.8 cm³/mol. The van der Waals surface area contributed by atoms with Gasteiger partial charge in [0, 0.05) is 10.8 Å². The summed E-state index contributed by atoms with van der Waals surface area (Å²) < 4.78 is 0. The van der Waals surface area contributed by atoms with Crippen LogP contribution in [0.25, 0.3) is 32.6 Å². The standard InChI is InChI=1S/C17H11N/c1-2-6-13-11-17-15(9-12(13)5-1)10-14-7-3-4-8-16(14)18-17/h1-11H. The van der Waals surface area contributed by atoms with Crippen LogP contribution in [0.1, 0.15) is 0 Å². The molecule has 0 bridgehead atoms. The molecule has 0 aliphatic rings. The summed E-state index contributed by atoms with van der Waals surface area (Å²) in [6, 6.07) is 23.2. The van der Waals surface area contributed by atoms with Gasteiger partial charge in [-0.15, -0.1) is 0 Å². The monoisotopic (exact) mass is 229 g/mol. The molecule has 4 aromatic rings. The Bertz CT molecular complexity index is 734. The average Bonchev–Trinajstić information content (AvgIpc) is 2.42. The molecular weight excluding hydrogens is 218 g/mol. The molecule has 0 unspecified atom stereocenters. The Hall–Kier alpha value is -2.41. The largest absolute Gasteiger partial charge is 0.248 e. The van der Waals surface area contributed by atoms with Crippen molar-refractivity contribution >= 4 is 32.6 Å². The lowest BCUT2D eigenvalue weighted by Crippen LogP contribution is -1.83. The number of hydrogen-bond donors (Lipinski definition) is 0. The molecular formula is C17H11N. The minimum atomic E-state index is 1.06. The number of fused-ring (bicyclic) bond motifs is 3. The summed E-state index contributed by atoms with van der Waals surface area (Å²) >= 11 is 0. The van der Waals surface area contributed by atoms with Gasteiger partial charge in [0.1, 0.15) is 0 Å². The van der Waals surface area contributed by atoms with Crippen molar-refractivity contribution in [2.45, 2.75) is 0 Å². The Morgan fingerprint density at radius 3 is 1.94 bits per heavy atom. The highest BCUT2D eigenvalue weighted by atomic mass is 14.7. The molecule has 0 radical (unpaired) electrons. The van der Waals surface area contributed by atoms with Gasteiger partial charge in [0.2, 0.25) is 0 Å². The van der Waals surface area contributed by atoms with Crippen LogP contribution < -0.4 is 0 Å². The first-order valence-electron chi connectivity index (χ1n) is 6.08. The number of pyridine rings is 1. The SMILES string of the molecule is c1ccc2cc3nc4ccccc4cc3cc2c1. The third-order valence-corrected chi connectivity index (χ3v) is 3.38. The van der Waals surface area contributed by atoms with Crippen molar-refractivity contribution in [1.29, 1.82) is 0 Å². The Kier molecular flexibility index (Phi) is 1.89. The van der Waals surface area contributed by atoms with Gasteiger partial charge in [0.05, 0.1) is 11.0 Å². The molecule has 84 valence electrons. The third-order valence-electron chi connectivity index (χ3n) is 3.38. The van der Waals surface area contributed by atoms with Gasteiger partial charge in [-0.25, -0.2) is 4.98 Å². The lowest BCUT2D eigenvalue weighted by Gasteiger charge is -2.04. The first-order chi connectivity index (χ1) is 8.90. The van der Waals surface area contributed by atoms with Gasteiger partial charge in [-0.05, 0) is 35.0 Å². The van der Waals surface area contributed by atoms with Crippen LogP contribution >= 0.6 is 0 Å². The molecule has 1 heterocycles. The molecule has 0 saturated heterocycles. The summed E-state index contributed by atoms with van der Waals surface area (Å²) in [5, 5.41) is 4.91. The molecule has 0 saturated carbocycles. The summed E-state index contributed by atoms with van der Waals surface area (Å²) in [7, 11) is 0. The number of benzene rings is 3. The van der Waals surface area contributed by atoms with Crippen LogP contribution in [0.5, 0.6) is 0 Å². The molecule has 0 amide bonds. The third kappa shape index (κ3) is 1.37. The Morgan fingerprint density at radius 2 is 1.11 bits per heavy atom. The van der Waals surface area contributed by atoms with Gasteiger partial charge in [-0.2, -0.15) is 0 Å². The van der Waals surface area contributed by atoms with Crippen molar-refractivity contribution in [1.82, 2.24) is 4.98 Å². The molecule has 18 heavy (non-hydrogen) atoms. The van der Waals surface area contributed by atoms with E-state index >= 15 is 0 Å². The number of nitrogens with zero attached hydrogens (tertiary/aromatic N) is 1. The molecule has 0 N–H and O–H groups in total. The van der Waals surface area contributed by atoms with Gasteiger partial charge in [0.15, 0.2) is 0 Å². The molecule has 4 rings (SSSR count). The molecule has 1 aromatic heterocycles. The van der Waals surface area contributed by atoms with Gasteiger partial charge in [0.25, 0.3) is 0 Å². The molecule has 1 heteroatoms. The van der Waals surface area contributed by atoms with Crippen molar-refractivity contribution in [2.24, 2.45) is 0 Å². The molecule has 0 aliphatic heterocycles. The Morgan fingerprint density at radius 1 is 0.500 bits per heavy atom. The van der Waals surface area contributed by atoms with E-state index in [-0.39, 0.29) is 0 Å².